The minimum atomic E-state index is -4.27. The molecule has 1 saturated heterocycles. The molecule has 1 fully saturated rings. The molecule has 0 unspecified atom stereocenters. The summed E-state index contributed by atoms with van der Waals surface area (Å²) in [6.45, 7) is 6.02. The zero-order valence-electron chi connectivity index (χ0n) is 15.8. The summed E-state index contributed by atoms with van der Waals surface area (Å²) in [5, 5.41) is 0. The van der Waals surface area contributed by atoms with Gasteiger partial charge in [-0.15, -0.1) is 0 Å². The van der Waals surface area contributed by atoms with E-state index in [-0.39, 0.29) is 5.92 Å². The van der Waals surface area contributed by atoms with E-state index in [0.29, 0.717) is 17.4 Å². The zero-order valence-corrected chi connectivity index (χ0v) is 15.8. The van der Waals surface area contributed by atoms with E-state index in [4.69, 9.17) is 0 Å². The standard InChI is InChI=1S/C21H32F3N/c1-4-6-10-16(11-7-5-2)18-14-25(3)15-19(18)17-12-8-9-13-20(17)21(22,23)24/h8-9,12-13,16,18-19H,4-7,10-11,14-15H2,1-3H3/t18-,19-/m1/s1. The van der Waals surface area contributed by atoms with E-state index in [0.717, 1.165) is 38.8 Å². The van der Waals surface area contributed by atoms with Crippen molar-refractivity contribution in [3.05, 3.63) is 35.4 Å². The van der Waals surface area contributed by atoms with Crippen molar-refractivity contribution in [3.8, 4) is 0 Å². The molecule has 2 atom stereocenters. The largest absolute Gasteiger partial charge is 0.416 e. The molecular weight excluding hydrogens is 323 g/mol. The average molecular weight is 355 g/mol. The maximum Gasteiger partial charge on any atom is 0.416 e. The lowest BCUT2D eigenvalue weighted by atomic mass is 9.75. The Labute approximate surface area is 150 Å². The fraction of sp³-hybridized carbons (Fsp3) is 0.714. The molecule has 4 heteroatoms. The van der Waals surface area contributed by atoms with Crippen LogP contribution >= 0.6 is 0 Å². The van der Waals surface area contributed by atoms with Gasteiger partial charge in [0.05, 0.1) is 5.56 Å². The van der Waals surface area contributed by atoms with Crippen LogP contribution in [0.5, 0.6) is 0 Å². The van der Waals surface area contributed by atoms with Gasteiger partial charge in [-0.2, -0.15) is 13.2 Å². The molecule has 142 valence electrons. The number of hydrogen-bond acceptors (Lipinski definition) is 1. The van der Waals surface area contributed by atoms with Gasteiger partial charge >= 0.3 is 6.18 Å². The van der Waals surface area contributed by atoms with Gasteiger partial charge in [0.25, 0.3) is 0 Å². The lowest BCUT2D eigenvalue weighted by molar-refractivity contribution is -0.138. The Morgan fingerprint density at radius 2 is 1.64 bits per heavy atom. The van der Waals surface area contributed by atoms with E-state index in [1.807, 2.05) is 7.05 Å². The van der Waals surface area contributed by atoms with Crippen LogP contribution in [0.15, 0.2) is 24.3 Å². The number of unbranched alkanes of at least 4 members (excludes halogenated alkanes) is 2. The van der Waals surface area contributed by atoms with Crippen molar-refractivity contribution in [1.29, 1.82) is 0 Å². The molecule has 1 aliphatic heterocycles. The normalized spacial score (nSPS) is 22.0. The van der Waals surface area contributed by atoms with Crippen LogP contribution in [-0.2, 0) is 6.18 Å². The summed E-state index contributed by atoms with van der Waals surface area (Å²) in [6.07, 6.45) is 2.64. The predicted molar refractivity (Wildman–Crippen MR) is 97.7 cm³/mol. The molecule has 0 amide bonds. The SMILES string of the molecule is CCCCC(CCCC)[C@H]1CN(C)C[C@@H]1c1ccccc1C(F)(F)F. The Morgan fingerprint density at radius 3 is 2.20 bits per heavy atom. The summed E-state index contributed by atoms with van der Waals surface area (Å²) in [4.78, 5) is 2.22. The van der Waals surface area contributed by atoms with Gasteiger partial charge < -0.3 is 4.90 Å². The molecule has 0 saturated carbocycles. The third kappa shape index (κ3) is 5.22. The highest BCUT2D eigenvalue weighted by molar-refractivity contribution is 5.34. The van der Waals surface area contributed by atoms with Crippen LogP contribution in [-0.4, -0.2) is 25.0 Å². The lowest BCUT2D eigenvalue weighted by Crippen LogP contribution is -2.24. The van der Waals surface area contributed by atoms with Gasteiger partial charge in [0.2, 0.25) is 0 Å². The van der Waals surface area contributed by atoms with Crippen LogP contribution in [0.1, 0.15) is 69.4 Å². The number of nitrogens with zero attached hydrogens (tertiary/aromatic N) is 1. The fourth-order valence-corrected chi connectivity index (χ4v) is 4.42. The van der Waals surface area contributed by atoms with Gasteiger partial charge in [0, 0.05) is 19.0 Å². The van der Waals surface area contributed by atoms with Crippen molar-refractivity contribution < 1.29 is 13.2 Å². The maximum absolute atomic E-state index is 13.5. The van der Waals surface area contributed by atoms with Crippen molar-refractivity contribution in [1.82, 2.24) is 4.90 Å². The summed E-state index contributed by atoms with van der Waals surface area (Å²) in [5.41, 5.74) is 0.0624. The molecule has 0 N–H and O–H groups in total. The molecule has 1 aromatic rings. The highest BCUT2D eigenvalue weighted by Gasteiger charge is 2.41. The number of rotatable bonds is 8. The lowest BCUT2D eigenvalue weighted by Gasteiger charge is -2.30. The number of likely N-dealkylation sites (tertiary alicyclic amines) is 1. The maximum atomic E-state index is 13.5. The number of hydrogen-bond donors (Lipinski definition) is 0. The Bertz CT molecular complexity index is 518. The van der Waals surface area contributed by atoms with E-state index >= 15 is 0 Å². The third-order valence-corrected chi connectivity index (χ3v) is 5.68. The Hall–Kier alpha value is -1.03. The molecule has 1 heterocycles. The zero-order chi connectivity index (χ0) is 18.4. The highest BCUT2D eigenvalue weighted by atomic mass is 19.4. The second kappa shape index (κ2) is 9.07. The molecule has 1 nitrogen and oxygen atoms in total. The number of alkyl halides is 3. The highest BCUT2D eigenvalue weighted by Crippen LogP contribution is 2.44. The third-order valence-electron chi connectivity index (χ3n) is 5.68. The van der Waals surface area contributed by atoms with Crippen molar-refractivity contribution >= 4 is 0 Å². The van der Waals surface area contributed by atoms with Crippen LogP contribution in [0.2, 0.25) is 0 Å². The van der Waals surface area contributed by atoms with Crippen LogP contribution < -0.4 is 0 Å². The van der Waals surface area contributed by atoms with E-state index in [9.17, 15) is 13.2 Å². The average Bonchev–Trinajstić information content (AvgIpc) is 2.96. The molecule has 2 rings (SSSR count). The van der Waals surface area contributed by atoms with Gasteiger partial charge in [-0.3, -0.25) is 0 Å². The van der Waals surface area contributed by atoms with Gasteiger partial charge in [0.15, 0.2) is 0 Å². The van der Waals surface area contributed by atoms with Crippen LogP contribution in [0, 0.1) is 11.8 Å². The van der Waals surface area contributed by atoms with Crippen LogP contribution in [0.25, 0.3) is 0 Å². The monoisotopic (exact) mass is 355 g/mol. The number of likely N-dealkylation sites (N-methyl/N-ethyl adjacent to an activating group) is 1. The van der Waals surface area contributed by atoms with Crippen molar-refractivity contribution in [3.63, 3.8) is 0 Å². The van der Waals surface area contributed by atoms with E-state index in [2.05, 4.69) is 18.7 Å². The summed E-state index contributed by atoms with van der Waals surface area (Å²) in [7, 11) is 2.04. The molecule has 1 aliphatic rings. The smallest absolute Gasteiger partial charge is 0.305 e. The minimum Gasteiger partial charge on any atom is -0.305 e. The van der Waals surface area contributed by atoms with Crippen LogP contribution in [0.4, 0.5) is 13.2 Å². The minimum absolute atomic E-state index is 0.0125. The first-order valence-electron chi connectivity index (χ1n) is 9.73. The fourth-order valence-electron chi connectivity index (χ4n) is 4.42. The molecule has 1 aromatic carbocycles. The summed E-state index contributed by atoms with van der Waals surface area (Å²) >= 11 is 0. The van der Waals surface area contributed by atoms with Crippen molar-refractivity contribution in [2.24, 2.45) is 11.8 Å². The van der Waals surface area contributed by atoms with Gasteiger partial charge in [-0.1, -0.05) is 70.6 Å². The van der Waals surface area contributed by atoms with Crippen molar-refractivity contribution in [2.75, 3.05) is 20.1 Å². The first kappa shape index (κ1) is 20.3. The quantitative estimate of drug-likeness (QED) is 0.525. The first-order chi connectivity index (χ1) is 11.9. The molecule has 0 aliphatic carbocycles. The molecule has 0 aromatic heterocycles. The molecule has 25 heavy (non-hydrogen) atoms. The van der Waals surface area contributed by atoms with Crippen LogP contribution in [0.3, 0.4) is 0 Å². The number of halogens is 3. The summed E-state index contributed by atoms with van der Waals surface area (Å²) < 4.78 is 40.6. The van der Waals surface area contributed by atoms with E-state index < -0.39 is 11.7 Å². The van der Waals surface area contributed by atoms with Gasteiger partial charge in [0.1, 0.15) is 0 Å². The number of benzene rings is 1. The Balaban J connectivity index is 2.31. The Morgan fingerprint density at radius 1 is 1.04 bits per heavy atom. The van der Waals surface area contributed by atoms with Crippen molar-refractivity contribution in [2.45, 2.75) is 64.5 Å². The molecule has 0 radical (unpaired) electrons. The van der Waals surface area contributed by atoms with E-state index in [1.54, 1.807) is 12.1 Å². The second-order valence-corrected chi connectivity index (χ2v) is 7.62. The molecular formula is C21H32F3N. The van der Waals surface area contributed by atoms with Gasteiger partial charge in [-0.05, 0) is 30.5 Å². The summed E-state index contributed by atoms with van der Waals surface area (Å²) in [6, 6.07) is 6.22. The summed E-state index contributed by atoms with van der Waals surface area (Å²) in [5.74, 6) is 0.837. The first-order valence-corrected chi connectivity index (χ1v) is 9.73. The molecule has 0 bridgehead atoms. The second-order valence-electron chi connectivity index (χ2n) is 7.62. The topological polar surface area (TPSA) is 3.24 Å². The predicted octanol–water partition coefficient (Wildman–Crippen LogP) is 6.35. The van der Waals surface area contributed by atoms with Gasteiger partial charge in [-0.25, -0.2) is 0 Å². The molecule has 0 spiro atoms. The Kier molecular flexibility index (Phi) is 7.36. The van der Waals surface area contributed by atoms with E-state index in [1.165, 1.54) is 25.0 Å².